The summed E-state index contributed by atoms with van der Waals surface area (Å²) in [6.45, 7) is 2.18. The molecule has 1 rings (SSSR count). The number of esters is 1. The van der Waals surface area contributed by atoms with Crippen molar-refractivity contribution in [1.29, 1.82) is 0 Å². The minimum Gasteiger partial charge on any atom is -0.464 e. The summed E-state index contributed by atoms with van der Waals surface area (Å²) in [6.07, 6.45) is -4.62. The number of ether oxygens (including phenoxy) is 1. The van der Waals surface area contributed by atoms with Crippen LogP contribution in [0.4, 0.5) is 23.7 Å². The third-order valence-electron chi connectivity index (χ3n) is 2.79. The molecular formula is C14H17F3N2O4. The second kappa shape index (κ2) is 7.32. The third-order valence-corrected chi connectivity index (χ3v) is 2.79. The maximum atomic E-state index is 12.8. The van der Waals surface area contributed by atoms with Gasteiger partial charge in [0.25, 0.3) is 0 Å². The molecule has 0 aromatic heterocycles. The van der Waals surface area contributed by atoms with Gasteiger partial charge in [0.2, 0.25) is 0 Å². The molecule has 0 spiro atoms. The van der Waals surface area contributed by atoms with E-state index < -0.39 is 41.6 Å². The number of aliphatic hydroxyl groups is 1. The Labute approximate surface area is 130 Å². The lowest BCUT2D eigenvalue weighted by Gasteiger charge is -2.21. The number of hydrogen-bond acceptors (Lipinski definition) is 4. The molecule has 128 valence electrons. The number of nitrogens with one attached hydrogen (secondary N) is 2. The van der Waals surface area contributed by atoms with Gasteiger partial charge in [0.15, 0.2) is 5.60 Å². The molecule has 2 amide bonds. The number of rotatable bonds is 5. The number of carbonyl (C=O) groups excluding carboxylic acids is 2. The van der Waals surface area contributed by atoms with E-state index in [1.54, 1.807) is 6.92 Å². The van der Waals surface area contributed by atoms with E-state index in [-0.39, 0.29) is 6.61 Å². The van der Waals surface area contributed by atoms with Gasteiger partial charge >= 0.3 is 18.2 Å². The number of halogens is 3. The summed E-state index contributed by atoms with van der Waals surface area (Å²) in [6, 6.07) is 3.44. The molecule has 0 saturated heterocycles. The topological polar surface area (TPSA) is 87.7 Å². The van der Waals surface area contributed by atoms with Gasteiger partial charge < -0.3 is 20.5 Å². The largest absolute Gasteiger partial charge is 0.464 e. The summed E-state index contributed by atoms with van der Waals surface area (Å²) in [4.78, 5) is 23.1. The molecule has 1 atom stereocenters. The predicted octanol–water partition coefficient (Wildman–Crippen LogP) is 2.14. The minimum absolute atomic E-state index is 0.0418. The van der Waals surface area contributed by atoms with Gasteiger partial charge in [0.1, 0.15) is 0 Å². The standard InChI is InChI=1S/C14H17F3N2O4/c1-3-23-11(20)13(2,22)8-18-12(21)19-10-7-5-4-6-9(10)14(15,16)17/h4-7,22H,3,8H2,1-2H3,(H2,18,19,21)/t13-/m1/s1. The summed E-state index contributed by atoms with van der Waals surface area (Å²) in [5, 5.41) is 14.0. The van der Waals surface area contributed by atoms with Gasteiger partial charge in [0.05, 0.1) is 24.4 Å². The van der Waals surface area contributed by atoms with Crippen LogP contribution in [0.1, 0.15) is 19.4 Å². The lowest BCUT2D eigenvalue weighted by atomic mass is 10.1. The van der Waals surface area contributed by atoms with Crippen molar-refractivity contribution in [2.45, 2.75) is 25.6 Å². The monoisotopic (exact) mass is 334 g/mol. The zero-order valence-corrected chi connectivity index (χ0v) is 12.5. The molecule has 9 heteroatoms. The minimum atomic E-state index is -4.62. The van der Waals surface area contributed by atoms with Gasteiger partial charge in [0, 0.05) is 0 Å². The Bertz CT molecular complexity index is 573. The number of anilines is 1. The Kier molecular flexibility index (Phi) is 5.97. The molecule has 0 aliphatic carbocycles. The third kappa shape index (κ3) is 5.44. The van der Waals surface area contributed by atoms with Gasteiger partial charge in [-0.15, -0.1) is 0 Å². The van der Waals surface area contributed by atoms with Crippen molar-refractivity contribution in [3.05, 3.63) is 29.8 Å². The number of alkyl halides is 3. The maximum Gasteiger partial charge on any atom is 0.418 e. The Morgan fingerprint density at radius 3 is 2.43 bits per heavy atom. The highest BCUT2D eigenvalue weighted by atomic mass is 19.4. The highest BCUT2D eigenvalue weighted by Gasteiger charge is 2.34. The Balaban J connectivity index is 2.70. The van der Waals surface area contributed by atoms with Gasteiger partial charge in [-0.2, -0.15) is 13.2 Å². The fraction of sp³-hybridized carbons (Fsp3) is 0.429. The SMILES string of the molecule is CCOC(=O)[C@](C)(O)CNC(=O)Nc1ccccc1C(F)(F)F. The van der Waals surface area contributed by atoms with Crippen LogP contribution >= 0.6 is 0 Å². The molecule has 0 bridgehead atoms. The van der Waals surface area contributed by atoms with Crippen LogP contribution in [0.5, 0.6) is 0 Å². The number of benzene rings is 1. The first-order valence-electron chi connectivity index (χ1n) is 6.68. The van der Waals surface area contributed by atoms with E-state index in [4.69, 9.17) is 0 Å². The maximum absolute atomic E-state index is 12.8. The quantitative estimate of drug-likeness (QED) is 0.720. The normalized spacial score (nSPS) is 13.8. The van der Waals surface area contributed by atoms with Crippen molar-refractivity contribution in [2.24, 2.45) is 0 Å². The molecular weight excluding hydrogens is 317 g/mol. The number of urea groups is 1. The van der Waals surface area contributed by atoms with Crippen molar-refractivity contribution >= 4 is 17.7 Å². The molecule has 0 heterocycles. The summed E-state index contributed by atoms with van der Waals surface area (Å²) in [7, 11) is 0. The van der Waals surface area contributed by atoms with Crippen LogP contribution in [0.15, 0.2) is 24.3 Å². The van der Waals surface area contributed by atoms with Crippen LogP contribution in [0, 0.1) is 0 Å². The Morgan fingerprint density at radius 2 is 1.87 bits per heavy atom. The average molecular weight is 334 g/mol. The second-order valence-electron chi connectivity index (χ2n) is 4.85. The lowest BCUT2D eigenvalue weighted by Crippen LogP contribution is -2.48. The van der Waals surface area contributed by atoms with Crippen LogP contribution in [0.3, 0.4) is 0 Å². The highest BCUT2D eigenvalue weighted by molar-refractivity contribution is 5.91. The zero-order chi connectivity index (χ0) is 17.7. The van der Waals surface area contributed by atoms with E-state index in [9.17, 15) is 27.9 Å². The van der Waals surface area contributed by atoms with Gasteiger partial charge in [-0.1, -0.05) is 12.1 Å². The van der Waals surface area contributed by atoms with E-state index in [1.165, 1.54) is 12.1 Å². The molecule has 0 unspecified atom stereocenters. The van der Waals surface area contributed by atoms with E-state index in [1.807, 2.05) is 5.32 Å². The number of amides is 2. The first kappa shape index (κ1) is 18.8. The lowest BCUT2D eigenvalue weighted by molar-refractivity contribution is -0.162. The zero-order valence-electron chi connectivity index (χ0n) is 12.5. The molecule has 0 fully saturated rings. The van der Waals surface area contributed by atoms with Crippen molar-refractivity contribution in [2.75, 3.05) is 18.5 Å². The fourth-order valence-corrected chi connectivity index (χ4v) is 1.62. The summed E-state index contributed by atoms with van der Waals surface area (Å²) >= 11 is 0. The number of hydrogen-bond donors (Lipinski definition) is 3. The molecule has 1 aromatic rings. The van der Waals surface area contributed by atoms with Gasteiger partial charge in [-0.3, -0.25) is 0 Å². The smallest absolute Gasteiger partial charge is 0.418 e. The van der Waals surface area contributed by atoms with Gasteiger partial charge in [-0.25, -0.2) is 9.59 Å². The molecule has 0 aliphatic heterocycles. The molecule has 1 aromatic carbocycles. The van der Waals surface area contributed by atoms with Crippen molar-refractivity contribution < 1.29 is 32.6 Å². The second-order valence-corrected chi connectivity index (χ2v) is 4.85. The molecule has 0 radical (unpaired) electrons. The number of carbonyl (C=O) groups is 2. The molecule has 0 aliphatic rings. The van der Waals surface area contributed by atoms with E-state index >= 15 is 0 Å². The summed E-state index contributed by atoms with van der Waals surface area (Å²) in [5.41, 5.74) is -3.43. The van der Waals surface area contributed by atoms with Gasteiger partial charge in [-0.05, 0) is 26.0 Å². The van der Waals surface area contributed by atoms with Crippen molar-refractivity contribution in [3.8, 4) is 0 Å². The summed E-state index contributed by atoms with van der Waals surface area (Å²) in [5.74, 6) is -0.948. The molecule has 3 N–H and O–H groups in total. The van der Waals surface area contributed by atoms with Crippen LogP contribution < -0.4 is 10.6 Å². The fourth-order valence-electron chi connectivity index (χ4n) is 1.62. The van der Waals surface area contributed by atoms with Crippen molar-refractivity contribution in [1.82, 2.24) is 5.32 Å². The first-order chi connectivity index (χ1) is 10.6. The van der Waals surface area contributed by atoms with Crippen LogP contribution in [-0.4, -0.2) is 35.9 Å². The highest BCUT2D eigenvalue weighted by Crippen LogP contribution is 2.34. The predicted molar refractivity (Wildman–Crippen MR) is 75.7 cm³/mol. The summed E-state index contributed by atoms with van der Waals surface area (Å²) < 4.78 is 43.0. The molecule has 0 saturated carbocycles. The molecule has 23 heavy (non-hydrogen) atoms. The van der Waals surface area contributed by atoms with E-state index in [0.717, 1.165) is 19.1 Å². The van der Waals surface area contributed by atoms with Crippen LogP contribution in [-0.2, 0) is 15.7 Å². The average Bonchev–Trinajstić information content (AvgIpc) is 2.45. The first-order valence-corrected chi connectivity index (χ1v) is 6.68. The van der Waals surface area contributed by atoms with Crippen molar-refractivity contribution in [3.63, 3.8) is 0 Å². The number of para-hydroxylation sites is 1. The van der Waals surface area contributed by atoms with E-state index in [2.05, 4.69) is 10.1 Å². The van der Waals surface area contributed by atoms with Crippen LogP contribution in [0.2, 0.25) is 0 Å². The van der Waals surface area contributed by atoms with Crippen LogP contribution in [0.25, 0.3) is 0 Å². The Morgan fingerprint density at radius 1 is 1.26 bits per heavy atom. The molecule has 6 nitrogen and oxygen atoms in total. The Hall–Kier alpha value is -2.29. The van der Waals surface area contributed by atoms with E-state index in [0.29, 0.717) is 0 Å².